The summed E-state index contributed by atoms with van der Waals surface area (Å²) in [5, 5.41) is 4.26. The normalized spacial score (nSPS) is 11.3. The van der Waals surface area contributed by atoms with Crippen LogP contribution in [0.3, 0.4) is 0 Å². The van der Waals surface area contributed by atoms with Crippen LogP contribution in [0.1, 0.15) is 19.8 Å². The molecule has 8 heteroatoms. The number of benzene rings is 2. The second-order valence-corrected chi connectivity index (χ2v) is 8.87. The van der Waals surface area contributed by atoms with Gasteiger partial charge in [0.2, 0.25) is 11.5 Å². The lowest BCUT2D eigenvalue weighted by atomic mass is 10.2. The zero-order valence-electron chi connectivity index (χ0n) is 17.4. The number of thioether (sulfide) groups is 2. The van der Waals surface area contributed by atoms with Crippen molar-refractivity contribution in [3.05, 3.63) is 58.9 Å². The first-order valence-corrected chi connectivity index (χ1v) is 12.3. The van der Waals surface area contributed by atoms with Crippen LogP contribution in [-0.4, -0.2) is 27.5 Å². The van der Waals surface area contributed by atoms with Crippen molar-refractivity contribution in [3.8, 4) is 0 Å². The van der Waals surface area contributed by atoms with E-state index < -0.39 is 0 Å². The second-order valence-electron chi connectivity index (χ2n) is 7.05. The molecule has 1 N–H and O–H groups in total. The number of carbonyl (C=O) groups is 1. The first kappa shape index (κ1) is 21.5. The highest BCUT2D eigenvalue weighted by Crippen LogP contribution is 2.27. The Balaban J connectivity index is 1.62. The number of nitrogens with zero attached hydrogens (tertiary/aromatic N) is 2. The van der Waals surface area contributed by atoms with Gasteiger partial charge in [-0.3, -0.25) is 14.2 Å². The quantitative estimate of drug-likeness (QED) is 0.284. The van der Waals surface area contributed by atoms with E-state index in [0.717, 1.165) is 28.8 Å². The number of furan rings is 1. The lowest BCUT2D eigenvalue weighted by Gasteiger charge is -2.11. The highest BCUT2D eigenvalue weighted by molar-refractivity contribution is 7.99. The van der Waals surface area contributed by atoms with E-state index in [2.05, 4.69) is 12.2 Å². The van der Waals surface area contributed by atoms with Crippen molar-refractivity contribution in [2.45, 2.75) is 36.4 Å². The number of anilines is 1. The van der Waals surface area contributed by atoms with E-state index >= 15 is 0 Å². The number of hydrogen-bond donors (Lipinski definition) is 1. The van der Waals surface area contributed by atoms with Gasteiger partial charge in [-0.25, -0.2) is 4.98 Å². The fourth-order valence-electron chi connectivity index (χ4n) is 3.30. The lowest BCUT2D eigenvalue weighted by Crippen LogP contribution is -2.24. The average molecular weight is 454 g/mol. The molecule has 31 heavy (non-hydrogen) atoms. The van der Waals surface area contributed by atoms with Crippen molar-refractivity contribution in [3.63, 3.8) is 0 Å². The van der Waals surface area contributed by atoms with E-state index in [1.54, 1.807) is 16.3 Å². The van der Waals surface area contributed by atoms with Gasteiger partial charge in [0.15, 0.2) is 5.16 Å². The maximum Gasteiger partial charge on any atom is 0.297 e. The minimum absolute atomic E-state index is 0.142. The number of unbranched alkanes of at least 4 members (excludes halogenated alkanes) is 1. The Labute approximate surface area is 188 Å². The van der Waals surface area contributed by atoms with Crippen LogP contribution in [0.2, 0.25) is 0 Å². The molecule has 1 amide bonds. The molecule has 0 aliphatic rings. The first-order chi connectivity index (χ1) is 15.1. The summed E-state index contributed by atoms with van der Waals surface area (Å²) in [6.07, 6.45) is 3.78. The topological polar surface area (TPSA) is 77.1 Å². The monoisotopic (exact) mass is 453 g/mol. The predicted molar refractivity (Wildman–Crippen MR) is 128 cm³/mol. The number of fused-ring (bicyclic) bond motifs is 3. The summed E-state index contributed by atoms with van der Waals surface area (Å²) in [4.78, 5) is 31.5. The minimum atomic E-state index is -0.203. The Bertz CT molecular complexity index is 1300. The molecule has 2 heterocycles. The number of carbonyl (C=O) groups excluding carboxylic acids is 1. The SMILES string of the molecule is CCCCn1c(SCC(=O)Nc2cccc(SC)c2)nc2c(oc3ccccc32)c1=O. The van der Waals surface area contributed by atoms with Gasteiger partial charge in [0, 0.05) is 22.5 Å². The number of nitrogens with one attached hydrogen (secondary N) is 1. The molecule has 2 aromatic heterocycles. The molecule has 0 bridgehead atoms. The molecule has 4 rings (SSSR count). The van der Waals surface area contributed by atoms with Gasteiger partial charge in [0.05, 0.1) is 5.75 Å². The fraction of sp³-hybridized carbons (Fsp3) is 0.261. The second kappa shape index (κ2) is 9.62. The van der Waals surface area contributed by atoms with Crippen LogP contribution in [0.15, 0.2) is 67.8 Å². The van der Waals surface area contributed by atoms with Crippen molar-refractivity contribution < 1.29 is 9.21 Å². The largest absolute Gasteiger partial charge is 0.448 e. The summed E-state index contributed by atoms with van der Waals surface area (Å²) in [7, 11) is 0. The number of rotatable bonds is 8. The van der Waals surface area contributed by atoms with E-state index in [0.29, 0.717) is 22.8 Å². The van der Waals surface area contributed by atoms with Crippen LogP contribution in [0.4, 0.5) is 5.69 Å². The molecule has 0 spiro atoms. The van der Waals surface area contributed by atoms with Crippen LogP contribution in [0, 0.1) is 0 Å². The van der Waals surface area contributed by atoms with E-state index in [-0.39, 0.29) is 22.8 Å². The van der Waals surface area contributed by atoms with Crippen LogP contribution >= 0.6 is 23.5 Å². The molecular weight excluding hydrogens is 430 g/mol. The van der Waals surface area contributed by atoms with Crippen LogP contribution < -0.4 is 10.9 Å². The van der Waals surface area contributed by atoms with Crippen molar-refractivity contribution in [1.82, 2.24) is 9.55 Å². The van der Waals surface area contributed by atoms with Crippen molar-refractivity contribution in [2.75, 3.05) is 17.3 Å². The van der Waals surface area contributed by atoms with Gasteiger partial charge >= 0.3 is 0 Å². The van der Waals surface area contributed by atoms with Gasteiger partial charge in [-0.05, 0) is 43.0 Å². The molecule has 0 saturated heterocycles. The van der Waals surface area contributed by atoms with Crippen LogP contribution in [0.5, 0.6) is 0 Å². The van der Waals surface area contributed by atoms with Crippen molar-refractivity contribution >= 4 is 57.2 Å². The molecule has 0 aliphatic carbocycles. The third kappa shape index (κ3) is 4.65. The third-order valence-corrected chi connectivity index (χ3v) is 6.57. The summed E-state index contributed by atoms with van der Waals surface area (Å²) < 4.78 is 7.42. The maximum atomic E-state index is 13.1. The molecule has 0 saturated carbocycles. The van der Waals surface area contributed by atoms with E-state index in [9.17, 15) is 9.59 Å². The molecular formula is C23H23N3O3S2. The van der Waals surface area contributed by atoms with Crippen LogP contribution in [0.25, 0.3) is 22.1 Å². The zero-order valence-corrected chi connectivity index (χ0v) is 19.0. The zero-order chi connectivity index (χ0) is 21.8. The summed E-state index contributed by atoms with van der Waals surface area (Å²) in [6, 6.07) is 15.2. The Kier molecular flexibility index (Phi) is 6.67. The third-order valence-electron chi connectivity index (χ3n) is 4.87. The molecule has 4 aromatic rings. The van der Waals surface area contributed by atoms with Gasteiger partial charge in [-0.2, -0.15) is 0 Å². The first-order valence-electron chi connectivity index (χ1n) is 10.1. The van der Waals surface area contributed by atoms with Crippen molar-refractivity contribution in [1.29, 1.82) is 0 Å². The number of amides is 1. The average Bonchev–Trinajstić information content (AvgIpc) is 3.16. The van der Waals surface area contributed by atoms with Gasteiger partial charge < -0.3 is 9.73 Å². The molecule has 0 fully saturated rings. The predicted octanol–water partition coefficient (Wildman–Crippen LogP) is 5.40. The summed E-state index contributed by atoms with van der Waals surface area (Å²) >= 11 is 2.89. The van der Waals surface area contributed by atoms with E-state index in [1.807, 2.05) is 54.8 Å². The highest BCUT2D eigenvalue weighted by atomic mass is 32.2. The number of para-hydroxylation sites is 1. The Morgan fingerprint density at radius 1 is 1.19 bits per heavy atom. The van der Waals surface area contributed by atoms with E-state index in [4.69, 9.17) is 9.40 Å². The van der Waals surface area contributed by atoms with Gasteiger partial charge in [0.1, 0.15) is 11.1 Å². The molecule has 6 nitrogen and oxygen atoms in total. The van der Waals surface area contributed by atoms with Crippen molar-refractivity contribution in [2.24, 2.45) is 0 Å². The smallest absolute Gasteiger partial charge is 0.297 e. The molecule has 160 valence electrons. The van der Waals surface area contributed by atoms with Gasteiger partial charge in [0.25, 0.3) is 5.56 Å². The van der Waals surface area contributed by atoms with Crippen LogP contribution in [-0.2, 0) is 11.3 Å². The molecule has 0 aliphatic heterocycles. The summed E-state index contributed by atoms with van der Waals surface area (Å²) in [6.45, 7) is 2.61. The molecule has 0 unspecified atom stereocenters. The lowest BCUT2D eigenvalue weighted by molar-refractivity contribution is -0.113. The van der Waals surface area contributed by atoms with Gasteiger partial charge in [-0.1, -0.05) is 43.3 Å². The molecule has 0 atom stereocenters. The maximum absolute atomic E-state index is 13.1. The summed E-state index contributed by atoms with van der Waals surface area (Å²) in [5.74, 6) is 0.0142. The molecule has 2 aromatic carbocycles. The van der Waals surface area contributed by atoms with E-state index in [1.165, 1.54) is 11.8 Å². The molecule has 0 radical (unpaired) electrons. The fourth-order valence-corrected chi connectivity index (χ4v) is 4.58. The standard InChI is InChI=1S/C23H23N3O3S2/c1-3-4-12-26-22(28)21-20(17-10-5-6-11-18(17)29-21)25-23(26)31-14-19(27)24-15-8-7-9-16(13-15)30-2/h5-11,13H,3-4,12,14H2,1-2H3,(H,24,27). The number of hydrogen-bond acceptors (Lipinski definition) is 6. The highest BCUT2D eigenvalue weighted by Gasteiger charge is 2.18. The van der Waals surface area contributed by atoms with Gasteiger partial charge in [-0.15, -0.1) is 11.8 Å². The Morgan fingerprint density at radius 2 is 2.03 bits per heavy atom. The number of aromatic nitrogens is 2. The Hall–Kier alpha value is -2.71. The Morgan fingerprint density at radius 3 is 2.84 bits per heavy atom. The minimum Gasteiger partial charge on any atom is -0.448 e. The summed E-state index contributed by atoms with van der Waals surface area (Å²) in [5.41, 5.74) is 2.00.